The molecule has 1 N–H and O–H groups in total. The summed E-state index contributed by atoms with van der Waals surface area (Å²) in [5, 5.41) is 10.6. The third kappa shape index (κ3) is 3.37. The Morgan fingerprint density at radius 1 is 1.00 bits per heavy atom. The van der Waals surface area contributed by atoms with Crippen LogP contribution >= 0.6 is 11.6 Å². The van der Waals surface area contributed by atoms with Gasteiger partial charge < -0.3 is 4.42 Å². The number of carbonyl (C=O) groups excluding carboxylic acids is 3. The normalized spacial score (nSPS) is 13.8. The minimum atomic E-state index is -0.472. The maximum Gasteiger partial charge on any atom is 0.322 e. The van der Waals surface area contributed by atoms with Gasteiger partial charge in [0.15, 0.2) is 0 Å². The van der Waals surface area contributed by atoms with E-state index in [9.17, 15) is 14.4 Å². The fourth-order valence-electron chi connectivity index (χ4n) is 2.81. The molecule has 0 saturated carbocycles. The number of nitrogens with one attached hydrogen (secondary N) is 1. The van der Waals surface area contributed by atoms with Crippen molar-refractivity contribution in [3.05, 3.63) is 59.1 Å². The number of anilines is 2. The van der Waals surface area contributed by atoms with Gasteiger partial charge in [0.25, 0.3) is 11.8 Å². The molecule has 0 spiro atoms. The van der Waals surface area contributed by atoms with E-state index in [0.29, 0.717) is 21.8 Å². The highest BCUT2D eigenvalue weighted by atomic mass is 35.5. The Morgan fingerprint density at radius 2 is 1.68 bits per heavy atom. The summed E-state index contributed by atoms with van der Waals surface area (Å²) >= 11 is 6.09. The summed E-state index contributed by atoms with van der Waals surface area (Å²) in [5.74, 6) is -0.789. The molecule has 3 aromatic rings. The van der Waals surface area contributed by atoms with Crippen LogP contribution in [0.4, 0.5) is 11.7 Å². The molecule has 0 bridgehead atoms. The van der Waals surface area contributed by atoms with E-state index in [2.05, 4.69) is 15.5 Å². The Balaban J connectivity index is 1.48. The van der Waals surface area contributed by atoms with Gasteiger partial charge in [0.05, 0.1) is 16.3 Å². The zero-order chi connectivity index (χ0) is 19.7. The highest BCUT2D eigenvalue weighted by Crippen LogP contribution is 2.27. The Morgan fingerprint density at radius 3 is 2.36 bits per heavy atom. The zero-order valence-electron chi connectivity index (χ0n) is 14.4. The second kappa shape index (κ2) is 7.24. The van der Waals surface area contributed by atoms with Gasteiger partial charge in [-0.3, -0.25) is 24.6 Å². The van der Waals surface area contributed by atoms with E-state index in [1.165, 1.54) is 12.1 Å². The summed E-state index contributed by atoms with van der Waals surface area (Å²) < 4.78 is 5.44. The molecule has 4 rings (SSSR count). The maximum atomic E-state index is 12.4. The number of hydrogen-bond acceptors (Lipinski definition) is 6. The van der Waals surface area contributed by atoms with Crippen LogP contribution in [0.5, 0.6) is 0 Å². The molecule has 1 aliphatic heterocycles. The van der Waals surface area contributed by atoms with E-state index in [1.807, 2.05) is 0 Å². The number of aromatic nitrogens is 2. The lowest BCUT2D eigenvalue weighted by atomic mass is 10.2. The van der Waals surface area contributed by atoms with Crippen molar-refractivity contribution in [1.82, 2.24) is 10.2 Å². The van der Waals surface area contributed by atoms with Crippen molar-refractivity contribution >= 4 is 41.0 Å². The second-order valence-corrected chi connectivity index (χ2v) is 6.42. The average molecular weight is 397 g/mol. The molecule has 8 nitrogen and oxygen atoms in total. The number of rotatable bonds is 4. The average Bonchev–Trinajstić information content (AvgIpc) is 3.28. The molecule has 1 aromatic heterocycles. The molecular formula is C19H13ClN4O4. The Bertz CT molecular complexity index is 1060. The number of halogens is 1. The van der Waals surface area contributed by atoms with Crippen LogP contribution < -0.4 is 10.2 Å². The summed E-state index contributed by atoms with van der Waals surface area (Å²) in [5.41, 5.74) is 1.30. The van der Waals surface area contributed by atoms with Crippen molar-refractivity contribution in [2.75, 3.05) is 10.2 Å². The van der Waals surface area contributed by atoms with Crippen molar-refractivity contribution in [2.24, 2.45) is 0 Å². The summed E-state index contributed by atoms with van der Waals surface area (Å²) in [6.07, 6.45) is 0.401. The number of carbonyl (C=O) groups is 3. The van der Waals surface area contributed by atoms with Crippen molar-refractivity contribution in [3.63, 3.8) is 0 Å². The molecule has 1 fully saturated rings. The van der Waals surface area contributed by atoms with Gasteiger partial charge in [-0.25, -0.2) is 0 Å². The smallest absolute Gasteiger partial charge is 0.322 e. The van der Waals surface area contributed by atoms with E-state index < -0.39 is 5.91 Å². The second-order valence-electron chi connectivity index (χ2n) is 6.02. The molecule has 0 radical (unpaired) electrons. The van der Waals surface area contributed by atoms with Gasteiger partial charge in [0.2, 0.25) is 11.8 Å². The minimum Gasteiger partial charge on any atom is -0.403 e. The van der Waals surface area contributed by atoms with Crippen LogP contribution in [0.1, 0.15) is 23.2 Å². The molecule has 2 heterocycles. The zero-order valence-corrected chi connectivity index (χ0v) is 15.1. The fraction of sp³-hybridized carbons (Fsp3) is 0.105. The van der Waals surface area contributed by atoms with E-state index in [1.54, 1.807) is 36.4 Å². The molecule has 9 heteroatoms. The molecule has 140 valence electrons. The van der Waals surface area contributed by atoms with Gasteiger partial charge in [0.1, 0.15) is 0 Å². The summed E-state index contributed by atoms with van der Waals surface area (Å²) in [6.45, 7) is 0. The molecule has 1 saturated heterocycles. The maximum absolute atomic E-state index is 12.4. The number of benzene rings is 2. The predicted molar refractivity (Wildman–Crippen MR) is 101 cm³/mol. The lowest BCUT2D eigenvalue weighted by molar-refractivity contribution is -0.121. The van der Waals surface area contributed by atoms with Crippen LogP contribution in [0.25, 0.3) is 11.5 Å². The van der Waals surface area contributed by atoms with Crippen LogP contribution in [0.3, 0.4) is 0 Å². The van der Waals surface area contributed by atoms with E-state index in [0.717, 1.165) is 4.90 Å². The quantitative estimate of drug-likeness (QED) is 0.678. The van der Waals surface area contributed by atoms with Gasteiger partial charge in [-0.15, -0.1) is 5.10 Å². The Hall–Kier alpha value is -3.52. The van der Waals surface area contributed by atoms with Crippen LogP contribution in [0.15, 0.2) is 52.9 Å². The lowest BCUT2D eigenvalue weighted by Gasteiger charge is -2.13. The molecule has 0 unspecified atom stereocenters. The standard InChI is InChI=1S/C19H13ClN4O4/c20-14-4-2-1-3-13(14)18-22-23-19(28-18)21-17(27)11-5-7-12(8-6-11)24-15(25)9-10-16(24)26/h1-8H,9-10H2,(H,21,23,27). The van der Waals surface area contributed by atoms with Crippen molar-refractivity contribution in [2.45, 2.75) is 12.8 Å². The minimum absolute atomic E-state index is 0.0751. The van der Waals surface area contributed by atoms with Gasteiger partial charge in [-0.1, -0.05) is 28.8 Å². The molecule has 2 aromatic carbocycles. The van der Waals surface area contributed by atoms with Gasteiger partial charge in [-0.05, 0) is 36.4 Å². The summed E-state index contributed by atoms with van der Waals surface area (Å²) in [6, 6.07) is 13.0. The topological polar surface area (TPSA) is 105 Å². The lowest BCUT2D eigenvalue weighted by Crippen LogP contribution is -2.28. The van der Waals surface area contributed by atoms with E-state index >= 15 is 0 Å². The van der Waals surface area contributed by atoms with E-state index in [4.69, 9.17) is 16.0 Å². The van der Waals surface area contributed by atoms with Crippen LogP contribution in [-0.2, 0) is 9.59 Å². The van der Waals surface area contributed by atoms with Crippen molar-refractivity contribution < 1.29 is 18.8 Å². The van der Waals surface area contributed by atoms with Crippen molar-refractivity contribution in [1.29, 1.82) is 0 Å². The van der Waals surface area contributed by atoms with Crippen LogP contribution in [-0.4, -0.2) is 27.9 Å². The summed E-state index contributed by atoms with van der Waals surface area (Å²) in [7, 11) is 0. The highest BCUT2D eigenvalue weighted by Gasteiger charge is 2.30. The molecule has 0 aliphatic carbocycles. The van der Waals surface area contributed by atoms with Gasteiger partial charge >= 0.3 is 6.01 Å². The van der Waals surface area contributed by atoms with E-state index in [-0.39, 0.29) is 36.6 Å². The van der Waals surface area contributed by atoms with Crippen LogP contribution in [0.2, 0.25) is 5.02 Å². The predicted octanol–water partition coefficient (Wildman–Crippen LogP) is 3.30. The molecule has 28 heavy (non-hydrogen) atoms. The first kappa shape index (κ1) is 17.9. The molecule has 0 atom stereocenters. The van der Waals surface area contributed by atoms with Crippen LogP contribution in [0, 0.1) is 0 Å². The molecule has 3 amide bonds. The molecular weight excluding hydrogens is 384 g/mol. The monoisotopic (exact) mass is 396 g/mol. The third-order valence-electron chi connectivity index (χ3n) is 4.19. The highest BCUT2D eigenvalue weighted by molar-refractivity contribution is 6.33. The molecule has 1 aliphatic rings. The first-order chi connectivity index (χ1) is 13.5. The fourth-order valence-corrected chi connectivity index (χ4v) is 3.03. The Labute approximate surface area is 164 Å². The first-order valence-electron chi connectivity index (χ1n) is 8.38. The first-order valence-corrected chi connectivity index (χ1v) is 8.76. The van der Waals surface area contributed by atoms with Gasteiger partial charge in [0, 0.05) is 18.4 Å². The number of nitrogens with zero attached hydrogens (tertiary/aromatic N) is 3. The largest absolute Gasteiger partial charge is 0.403 e. The third-order valence-corrected chi connectivity index (χ3v) is 4.52. The van der Waals surface area contributed by atoms with Crippen molar-refractivity contribution in [3.8, 4) is 11.5 Å². The number of imide groups is 1. The Kier molecular flexibility index (Phi) is 4.62. The summed E-state index contributed by atoms with van der Waals surface area (Å²) in [4.78, 5) is 37.1. The number of hydrogen-bond donors (Lipinski definition) is 1. The van der Waals surface area contributed by atoms with Gasteiger partial charge in [-0.2, -0.15) is 0 Å². The SMILES string of the molecule is O=C(Nc1nnc(-c2ccccc2Cl)o1)c1ccc(N2C(=O)CCC2=O)cc1. The number of amides is 3.